The Balaban J connectivity index is 0.000000245. The lowest BCUT2D eigenvalue weighted by molar-refractivity contribution is -0.386. The van der Waals surface area contributed by atoms with Gasteiger partial charge in [0.1, 0.15) is 17.1 Å². The number of hydrogen-bond acceptors (Lipinski definition) is 7. The van der Waals surface area contributed by atoms with Crippen LogP contribution in [0, 0.1) is 26.0 Å². The molecular formula is C18H12Br2ClFN4O5. The molecule has 0 aliphatic carbocycles. The summed E-state index contributed by atoms with van der Waals surface area (Å²) in [5.41, 5.74) is 9.67. The van der Waals surface area contributed by atoms with Crippen molar-refractivity contribution in [3.8, 4) is 11.5 Å². The molecule has 0 radical (unpaired) electrons. The molecule has 0 bridgehead atoms. The molecule has 0 unspecified atom stereocenters. The lowest BCUT2D eigenvalue weighted by Crippen LogP contribution is -1.99. The van der Waals surface area contributed by atoms with Crippen LogP contribution in [0.2, 0.25) is 5.02 Å². The van der Waals surface area contributed by atoms with Gasteiger partial charge in [0.15, 0.2) is 0 Å². The van der Waals surface area contributed by atoms with Gasteiger partial charge in [0.25, 0.3) is 0 Å². The van der Waals surface area contributed by atoms with Gasteiger partial charge >= 0.3 is 11.4 Å². The second-order valence-corrected chi connectivity index (χ2v) is 7.83. The molecule has 0 atom stereocenters. The standard InChI is InChI=1S/C12H8BrClN2O3.C6H4BrFN2O2/c13-9-4-5-10(15)11(16(17)18)12(9)19-8-3-1-2-7(14)6-8;7-3-1-2-4(9)6(5(3)8)10(11)12/h1-6H,15H2;1-2H,9H2. The third-order valence-electron chi connectivity index (χ3n) is 3.60. The van der Waals surface area contributed by atoms with Crippen LogP contribution in [0.4, 0.5) is 27.1 Å². The van der Waals surface area contributed by atoms with Crippen molar-refractivity contribution in [1.29, 1.82) is 0 Å². The van der Waals surface area contributed by atoms with E-state index in [9.17, 15) is 24.6 Å². The summed E-state index contributed by atoms with van der Waals surface area (Å²) in [7, 11) is 0. The van der Waals surface area contributed by atoms with Gasteiger partial charge in [-0.3, -0.25) is 20.2 Å². The Morgan fingerprint density at radius 1 is 0.903 bits per heavy atom. The summed E-state index contributed by atoms with van der Waals surface area (Å²) in [5, 5.41) is 21.8. The average molecular weight is 579 g/mol. The molecule has 0 saturated heterocycles. The number of nitro benzene ring substituents is 2. The van der Waals surface area contributed by atoms with E-state index in [1.165, 1.54) is 18.2 Å². The number of anilines is 2. The first-order valence-electron chi connectivity index (χ1n) is 8.06. The van der Waals surface area contributed by atoms with E-state index in [0.717, 1.165) is 0 Å². The molecular weight excluding hydrogens is 566 g/mol. The van der Waals surface area contributed by atoms with Gasteiger partial charge in [0, 0.05) is 5.02 Å². The maximum Gasteiger partial charge on any atom is 0.335 e. The number of hydrogen-bond donors (Lipinski definition) is 2. The zero-order valence-electron chi connectivity index (χ0n) is 15.2. The maximum atomic E-state index is 12.9. The van der Waals surface area contributed by atoms with Crippen LogP contribution in [0.25, 0.3) is 0 Å². The Bertz CT molecular complexity index is 1170. The highest BCUT2D eigenvalue weighted by atomic mass is 79.9. The number of benzene rings is 3. The highest BCUT2D eigenvalue weighted by Crippen LogP contribution is 2.42. The minimum atomic E-state index is -0.944. The molecule has 4 N–H and O–H groups in total. The van der Waals surface area contributed by atoms with E-state index in [1.54, 1.807) is 30.3 Å². The Morgan fingerprint density at radius 3 is 1.97 bits per heavy atom. The summed E-state index contributed by atoms with van der Waals surface area (Å²) in [4.78, 5) is 19.9. The lowest BCUT2D eigenvalue weighted by atomic mass is 10.2. The van der Waals surface area contributed by atoms with Gasteiger partial charge in [-0.15, -0.1) is 0 Å². The molecule has 0 heterocycles. The lowest BCUT2D eigenvalue weighted by Gasteiger charge is -2.09. The smallest absolute Gasteiger partial charge is 0.335 e. The summed E-state index contributed by atoms with van der Waals surface area (Å²) in [5.74, 6) is -0.505. The molecule has 3 rings (SSSR count). The molecule has 162 valence electrons. The summed E-state index contributed by atoms with van der Waals surface area (Å²) in [6.07, 6.45) is 0. The fraction of sp³-hybridized carbons (Fsp3) is 0. The van der Waals surface area contributed by atoms with E-state index in [-0.39, 0.29) is 27.3 Å². The Hall–Kier alpha value is -2.96. The van der Waals surface area contributed by atoms with Crippen molar-refractivity contribution in [3.63, 3.8) is 0 Å². The number of ether oxygens (including phenoxy) is 1. The number of nitro groups is 2. The minimum Gasteiger partial charge on any atom is -0.449 e. The Labute approximate surface area is 196 Å². The number of nitrogens with two attached hydrogens (primary N) is 2. The number of halogens is 4. The second kappa shape index (κ2) is 10.4. The molecule has 0 aliphatic heterocycles. The van der Waals surface area contributed by atoms with Crippen molar-refractivity contribution >= 4 is 66.2 Å². The summed E-state index contributed by atoms with van der Waals surface area (Å²) < 4.78 is 18.9. The quantitative estimate of drug-likeness (QED) is 0.205. The molecule has 9 nitrogen and oxygen atoms in total. The van der Waals surface area contributed by atoms with Crippen LogP contribution in [-0.2, 0) is 0 Å². The Morgan fingerprint density at radius 2 is 1.45 bits per heavy atom. The van der Waals surface area contributed by atoms with Gasteiger partial charge in [-0.1, -0.05) is 17.7 Å². The average Bonchev–Trinajstić information content (AvgIpc) is 2.68. The summed E-state index contributed by atoms with van der Waals surface area (Å²) >= 11 is 11.9. The van der Waals surface area contributed by atoms with E-state index in [2.05, 4.69) is 31.9 Å². The molecule has 3 aromatic rings. The molecule has 13 heteroatoms. The maximum absolute atomic E-state index is 12.9. The van der Waals surface area contributed by atoms with Crippen LogP contribution in [0.1, 0.15) is 0 Å². The molecule has 0 aliphatic rings. The third kappa shape index (κ3) is 6.03. The van der Waals surface area contributed by atoms with E-state index >= 15 is 0 Å². The van der Waals surface area contributed by atoms with Crippen LogP contribution in [0.5, 0.6) is 11.5 Å². The minimum absolute atomic E-state index is 0.0309. The van der Waals surface area contributed by atoms with Crippen LogP contribution in [0.15, 0.2) is 57.5 Å². The molecule has 0 spiro atoms. The van der Waals surface area contributed by atoms with Gasteiger partial charge < -0.3 is 16.2 Å². The first-order valence-corrected chi connectivity index (χ1v) is 10.0. The monoisotopic (exact) mass is 576 g/mol. The van der Waals surface area contributed by atoms with Gasteiger partial charge in [-0.2, -0.15) is 4.39 Å². The van der Waals surface area contributed by atoms with Crippen molar-refractivity contribution in [3.05, 3.63) is 88.5 Å². The fourth-order valence-corrected chi connectivity index (χ4v) is 3.14. The second-order valence-electron chi connectivity index (χ2n) is 5.69. The third-order valence-corrected chi connectivity index (χ3v) is 5.07. The van der Waals surface area contributed by atoms with Crippen molar-refractivity contribution < 1.29 is 19.0 Å². The number of nitrogen functional groups attached to an aromatic ring is 2. The van der Waals surface area contributed by atoms with E-state index in [4.69, 9.17) is 27.8 Å². The molecule has 0 amide bonds. The molecule has 3 aromatic carbocycles. The fourth-order valence-electron chi connectivity index (χ4n) is 2.24. The van der Waals surface area contributed by atoms with Crippen LogP contribution < -0.4 is 16.2 Å². The van der Waals surface area contributed by atoms with Crippen molar-refractivity contribution in [2.45, 2.75) is 0 Å². The first-order chi connectivity index (χ1) is 14.5. The van der Waals surface area contributed by atoms with E-state index in [0.29, 0.717) is 15.2 Å². The normalized spacial score (nSPS) is 10.1. The van der Waals surface area contributed by atoms with Gasteiger partial charge in [0.2, 0.25) is 11.6 Å². The largest absolute Gasteiger partial charge is 0.449 e. The van der Waals surface area contributed by atoms with Crippen molar-refractivity contribution in [2.75, 3.05) is 11.5 Å². The molecule has 31 heavy (non-hydrogen) atoms. The van der Waals surface area contributed by atoms with Gasteiger partial charge in [-0.05, 0) is 74.3 Å². The predicted molar refractivity (Wildman–Crippen MR) is 122 cm³/mol. The molecule has 0 aromatic heterocycles. The molecule has 0 saturated carbocycles. The number of rotatable bonds is 4. The van der Waals surface area contributed by atoms with E-state index < -0.39 is 21.4 Å². The van der Waals surface area contributed by atoms with Crippen molar-refractivity contribution in [1.82, 2.24) is 0 Å². The van der Waals surface area contributed by atoms with Crippen LogP contribution in [0.3, 0.4) is 0 Å². The van der Waals surface area contributed by atoms with Crippen LogP contribution >= 0.6 is 43.5 Å². The molecule has 0 fully saturated rings. The zero-order valence-corrected chi connectivity index (χ0v) is 19.1. The topological polar surface area (TPSA) is 148 Å². The van der Waals surface area contributed by atoms with Gasteiger partial charge in [0.05, 0.1) is 18.8 Å². The number of nitrogens with zero attached hydrogens (tertiary/aromatic N) is 2. The van der Waals surface area contributed by atoms with Gasteiger partial charge in [-0.25, -0.2) is 0 Å². The SMILES string of the molecule is Nc1ccc(Br)c(F)c1[N+](=O)[O-].Nc1ccc(Br)c(Oc2cccc(Cl)c2)c1[N+](=O)[O-]. The highest BCUT2D eigenvalue weighted by molar-refractivity contribution is 9.10. The van der Waals surface area contributed by atoms with E-state index in [1.807, 2.05) is 0 Å². The predicted octanol–water partition coefficient (Wildman–Crippen LogP) is 6.46. The highest BCUT2D eigenvalue weighted by Gasteiger charge is 2.23. The Kier molecular flexibility index (Phi) is 8.14. The first kappa shape index (κ1) is 24.3. The zero-order chi connectivity index (χ0) is 23.3. The van der Waals surface area contributed by atoms with Crippen molar-refractivity contribution in [2.24, 2.45) is 0 Å². The summed E-state index contributed by atoms with van der Waals surface area (Å²) in [6.45, 7) is 0. The van der Waals surface area contributed by atoms with Crippen LogP contribution in [-0.4, -0.2) is 9.85 Å². The summed E-state index contributed by atoms with van der Waals surface area (Å²) in [6, 6.07) is 12.2.